The minimum atomic E-state index is -0.278. The number of benzene rings is 1. The smallest absolute Gasteiger partial charge is 0.261 e. The molecule has 3 rings (SSSR count). The van der Waals surface area contributed by atoms with Crippen molar-refractivity contribution < 1.29 is 9.53 Å². The first-order chi connectivity index (χ1) is 8.74. The number of aromatic amines is 1. The summed E-state index contributed by atoms with van der Waals surface area (Å²) in [6, 6.07) is 5.72. The van der Waals surface area contributed by atoms with E-state index in [0.717, 1.165) is 16.8 Å². The Labute approximate surface area is 103 Å². The molecule has 0 bridgehead atoms. The van der Waals surface area contributed by atoms with Gasteiger partial charge in [0.25, 0.3) is 5.91 Å². The number of nitrogen functional groups attached to an aromatic ring is 1. The van der Waals surface area contributed by atoms with Crippen molar-refractivity contribution in [2.45, 2.75) is 13.2 Å². The van der Waals surface area contributed by atoms with Crippen molar-refractivity contribution in [2.24, 2.45) is 0 Å². The molecule has 0 saturated carbocycles. The van der Waals surface area contributed by atoms with Gasteiger partial charge in [-0.3, -0.25) is 9.89 Å². The third-order valence-corrected chi connectivity index (χ3v) is 2.89. The molecule has 6 heteroatoms. The molecule has 0 fully saturated rings. The third kappa shape index (κ3) is 1.82. The monoisotopic (exact) mass is 244 g/mol. The molecule has 92 valence electrons. The van der Waals surface area contributed by atoms with Crippen LogP contribution < -0.4 is 11.1 Å². The van der Waals surface area contributed by atoms with Crippen LogP contribution in [0.25, 0.3) is 0 Å². The van der Waals surface area contributed by atoms with Gasteiger partial charge in [0.05, 0.1) is 19.4 Å². The molecule has 6 nitrogen and oxygen atoms in total. The summed E-state index contributed by atoms with van der Waals surface area (Å²) in [4.78, 5) is 11.9. The lowest BCUT2D eigenvalue weighted by molar-refractivity contribution is 0.102. The molecule has 1 aliphatic heterocycles. The standard InChI is InChI=1S/C12H12N4O2/c13-11-10(4-14-16-11)12(17)15-9-2-1-7-5-18-6-8(7)3-9/h1-4H,5-6H2,(H,15,17)(H3,13,14,16). The van der Waals surface area contributed by atoms with Crippen LogP contribution in [0.5, 0.6) is 0 Å². The summed E-state index contributed by atoms with van der Waals surface area (Å²) in [6.45, 7) is 1.23. The average Bonchev–Trinajstić information content (AvgIpc) is 2.96. The van der Waals surface area contributed by atoms with Gasteiger partial charge in [-0.25, -0.2) is 0 Å². The summed E-state index contributed by atoms with van der Waals surface area (Å²) in [5.41, 5.74) is 8.92. The maximum atomic E-state index is 11.9. The number of hydrogen-bond acceptors (Lipinski definition) is 4. The molecular weight excluding hydrogens is 232 g/mol. The van der Waals surface area contributed by atoms with Crippen molar-refractivity contribution in [1.82, 2.24) is 10.2 Å². The fourth-order valence-corrected chi connectivity index (χ4v) is 1.93. The summed E-state index contributed by atoms with van der Waals surface area (Å²) in [5.74, 6) is -0.0166. The van der Waals surface area contributed by atoms with Crippen molar-refractivity contribution in [3.8, 4) is 0 Å². The highest BCUT2D eigenvalue weighted by Crippen LogP contribution is 2.23. The van der Waals surface area contributed by atoms with Gasteiger partial charge in [-0.2, -0.15) is 5.10 Å². The second kappa shape index (κ2) is 4.15. The van der Waals surface area contributed by atoms with Crippen molar-refractivity contribution in [3.05, 3.63) is 41.1 Å². The van der Waals surface area contributed by atoms with E-state index >= 15 is 0 Å². The summed E-state index contributed by atoms with van der Waals surface area (Å²) in [5, 5.41) is 9.02. The predicted octanol–water partition coefficient (Wildman–Crippen LogP) is 1.27. The van der Waals surface area contributed by atoms with E-state index in [1.807, 2.05) is 18.2 Å². The van der Waals surface area contributed by atoms with Crippen molar-refractivity contribution in [2.75, 3.05) is 11.1 Å². The topological polar surface area (TPSA) is 93.0 Å². The second-order valence-electron chi connectivity index (χ2n) is 4.13. The van der Waals surface area contributed by atoms with Crippen LogP contribution in [0.4, 0.5) is 11.5 Å². The molecule has 1 aromatic heterocycles. The predicted molar refractivity (Wildman–Crippen MR) is 65.9 cm³/mol. The zero-order valence-electron chi connectivity index (χ0n) is 9.56. The molecule has 0 spiro atoms. The Kier molecular flexibility index (Phi) is 2.49. The van der Waals surface area contributed by atoms with Crippen LogP contribution in [0.2, 0.25) is 0 Å². The number of nitrogens with zero attached hydrogens (tertiary/aromatic N) is 1. The Morgan fingerprint density at radius 3 is 3.00 bits per heavy atom. The largest absolute Gasteiger partial charge is 0.383 e. The van der Waals surface area contributed by atoms with E-state index in [0.29, 0.717) is 18.8 Å². The van der Waals surface area contributed by atoms with E-state index in [9.17, 15) is 4.79 Å². The van der Waals surface area contributed by atoms with E-state index in [2.05, 4.69) is 15.5 Å². The maximum Gasteiger partial charge on any atom is 0.261 e. The number of nitrogens with one attached hydrogen (secondary N) is 2. The van der Waals surface area contributed by atoms with E-state index < -0.39 is 0 Å². The normalized spacial score (nSPS) is 13.3. The minimum Gasteiger partial charge on any atom is -0.383 e. The Balaban J connectivity index is 1.81. The molecule has 18 heavy (non-hydrogen) atoms. The number of hydrogen-bond donors (Lipinski definition) is 3. The summed E-state index contributed by atoms with van der Waals surface area (Å²) < 4.78 is 5.32. The van der Waals surface area contributed by atoms with Crippen LogP contribution in [0.15, 0.2) is 24.4 Å². The number of aromatic nitrogens is 2. The van der Waals surface area contributed by atoms with Crippen LogP contribution in [0.1, 0.15) is 21.5 Å². The highest BCUT2D eigenvalue weighted by molar-refractivity contribution is 6.07. The Hall–Kier alpha value is -2.34. The molecular formula is C12H12N4O2. The molecule has 0 atom stereocenters. The van der Waals surface area contributed by atoms with Gasteiger partial charge >= 0.3 is 0 Å². The number of amides is 1. The molecule has 0 saturated heterocycles. The maximum absolute atomic E-state index is 11.9. The first-order valence-electron chi connectivity index (χ1n) is 5.54. The van der Waals surface area contributed by atoms with E-state index in [1.165, 1.54) is 6.20 Å². The summed E-state index contributed by atoms with van der Waals surface area (Å²) >= 11 is 0. The van der Waals surface area contributed by atoms with Crippen LogP contribution >= 0.6 is 0 Å². The van der Waals surface area contributed by atoms with Crippen molar-refractivity contribution >= 4 is 17.4 Å². The molecule has 0 radical (unpaired) electrons. The fourth-order valence-electron chi connectivity index (χ4n) is 1.93. The molecule has 1 aliphatic rings. The van der Waals surface area contributed by atoms with Gasteiger partial charge in [0.1, 0.15) is 11.4 Å². The number of fused-ring (bicyclic) bond motifs is 1. The minimum absolute atomic E-state index is 0.261. The molecule has 1 aromatic carbocycles. The SMILES string of the molecule is Nc1[nH]ncc1C(=O)Nc1ccc2c(c1)COC2. The lowest BCUT2D eigenvalue weighted by atomic mass is 10.1. The first-order valence-corrected chi connectivity index (χ1v) is 5.54. The zero-order chi connectivity index (χ0) is 12.5. The van der Waals surface area contributed by atoms with Gasteiger partial charge < -0.3 is 15.8 Å². The van der Waals surface area contributed by atoms with Crippen molar-refractivity contribution in [1.29, 1.82) is 0 Å². The van der Waals surface area contributed by atoms with Gasteiger partial charge in [0.15, 0.2) is 0 Å². The first kappa shape index (κ1) is 10.8. The molecule has 2 aromatic rings. The number of ether oxygens (including phenoxy) is 1. The van der Waals surface area contributed by atoms with E-state index in [4.69, 9.17) is 10.5 Å². The van der Waals surface area contributed by atoms with Gasteiger partial charge in [-0.05, 0) is 23.3 Å². The number of carbonyl (C=O) groups is 1. The molecule has 4 N–H and O–H groups in total. The Bertz CT molecular complexity index is 606. The molecule has 1 amide bonds. The average molecular weight is 244 g/mol. The highest BCUT2D eigenvalue weighted by Gasteiger charge is 2.14. The number of rotatable bonds is 2. The van der Waals surface area contributed by atoms with Gasteiger partial charge in [0.2, 0.25) is 0 Å². The fraction of sp³-hybridized carbons (Fsp3) is 0.167. The Morgan fingerprint density at radius 1 is 1.39 bits per heavy atom. The molecule has 0 unspecified atom stereocenters. The van der Waals surface area contributed by atoms with Gasteiger partial charge in [-0.1, -0.05) is 6.07 Å². The summed E-state index contributed by atoms with van der Waals surface area (Å²) in [6.07, 6.45) is 1.40. The highest BCUT2D eigenvalue weighted by atomic mass is 16.5. The molecule has 2 heterocycles. The zero-order valence-corrected chi connectivity index (χ0v) is 9.56. The second-order valence-corrected chi connectivity index (χ2v) is 4.13. The lowest BCUT2D eigenvalue weighted by Crippen LogP contribution is -2.13. The summed E-state index contributed by atoms with van der Waals surface area (Å²) in [7, 11) is 0. The number of nitrogens with two attached hydrogens (primary N) is 1. The molecule has 0 aliphatic carbocycles. The number of anilines is 2. The quantitative estimate of drug-likeness (QED) is 0.741. The van der Waals surface area contributed by atoms with Gasteiger partial charge in [-0.15, -0.1) is 0 Å². The van der Waals surface area contributed by atoms with E-state index in [1.54, 1.807) is 0 Å². The van der Waals surface area contributed by atoms with Crippen molar-refractivity contribution in [3.63, 3.8) is 0 Å². The number of H-pyrrole nitrogens is 1. The van der Waals surface area contributed by atoms with Crippen LogP contribution in [0.3, 0.4) is 0 Å². The van der Waals surface area contributed by atoms with Gasteiger partial charge in [0, 0.05) is 5.69 Å². The lowest BCUT2D eigenvalue weighted by Gasteiger charge is -2.06. The number of carbonyl (C=O) groups excluding carboxylic acids is 1. The third-order valence-electron chi connectivity index (χ3n) is 2.89. The van der Waals surface area contributed by atoms with Crippen LogP contribution in [-0.4, -0.2) is 16.1 Å². The van der Waals surface area contributed by atoms with Crippen LogP contribution in [-0.2, 0) is 18.0 Å². The van der Waals surface area contributed by atoms with Crippen LogP contribution in [0, 0.1) is 0 Å². The Morgan fingerprint density at radius 2 is 2.22 bits per heavy atom. The van der Waals surface area contributed by atoms with E-state index in [-0.39, 0.29) is 11.7 Å².